The average Bonchev–Trinajstić information content (AvgIpc) is 2.34. The molecule has 100 valence electrons. The molecule has 0 aromatic carbocycles. The fourth-order valence-corrected chi connectivity index (χ4v) is 3.17. The summed E-state index contributed by atoms with van der Waals surface area (Å²) >= 11 is 1.71. The monoisotopic (exact) mass is 258 g/mol. The lowest BCUT2D eigenvalue weighted by molar-refractivity contribution is -0.129. The zero-order valence-electron chi connectivity index (χ0n) is 11.2. The molecular weight excluding hydrogens is 232 g/mol. The van der Waals surface area contributed by atoms with Gasteiger partial charge in [-0.15, -0.1) is 0 Å². The van der Waals surface area contributed by atoms with Crippen molar-refractivity contribution in [1.82, 2.24) is 4.90 Å². The quantitative estimate of drug-likeness (QED) is 0.742. The molecule has 0 atom stereocenters. The van der Waals surface area contributed by atoms with Crippen LogP contribution in [0.25, 0.3) is 0 Å². The Morgan fingerprint density at radius 2 is 2.00 bits per heavy atom. The molecular formula is C13H26N2OS. The topological polar surface area (TPSA) is 46.3 Å². The Hall–Kier alpha value is -0.220. The lowest BCUT2D eigenvalue weighted by Crippen LogP contribution is -2.40. The van der Waals surface area contributed by atoms with Gasteiger partial charge in [0, 0.05) is 13.1 Å². The Bertz CT molecular complexity index is 227. The van der Waals surface area contributed by atoms with E-state index in [0.717, 1.165) is 24.6 Å². The second kappa shape index (κ2) is 7.98. The molecule has 0 heterocycles. The van der Waals surface area contributed by atoms with Gasteiger partial charge in [0.25, 0.3) is 0 Å². The van der Waals surface area contributed by atoms with Crippen molar-refractivity contribution in [2.24, 2.45) is 11.7 Å². The van der Waals surface area contributed by atoms with Crippen LogP contribution in [0.1, 0.15) is 39.0 Å². The van der Waals surface area contributed by atoms with Crippen molar-refractivity contribution >= 4 is 17.7 Å². The minimum atomic E-state index is 0.284. The number of thioether (sulfide) groups is 1. The van der Waals surface area contributed by atoms with Crippen molar-refractivity contribution in [3.8, 4) is 0 Å². The van der Waals surface area contributed by atoms with Gasteiger partial charge >= 0.3 is 0 Å². The van der Waals surface area contributed by atoms with Gasteiger partial charge in [0.05, 0.1) is 5.75 Å². The highest BCUT2D eigenvalue weighted by molar-refractivity contribution is 7.99. The second-order valence-electron chi connectivity index (χ2n) is 5.11. The number of carbonyl (C=O) groups is 1. The summed E-state index contributed by atoms with van der Waals surface area (Å²) in [7, 11) is 1.96. The minimum absolute atomic E-state index is 0.284. The first kappa shape index (κ1) is 14.8. The van der Waals surface area contributed by atoms with E-state index in [1.165, 1.54) is 25.7 Å². The van der Waals surface area contributed by atoms with E-state index in [2.05, 4.69) is 6.92 Å². The predicted octanol–water partition coefficient (Wildman–Crippen LogP) is 2.11. The van der Waals surface area contributed by atoms with Crippen molar-refractivity contribution in [1.29, 1.82) is 0 Å². The number of rotatable bonds is 6. The number of amides is 1. The highest BCUT2D eigenvalue weighted by Gasteiger charge is 2.24. The number of hydrogen-bond donors (Lipinski definition) is 1. The predicted molar refractivity (Wildman–Crippen MR) is 75.2 cm³/mol. The maximum Gasteiger partial charge on any atom is 0.232 e. The van der Waals surface area contributed by atoms with Crippen LogP contribution in [-0.2, 0) is 4.79 Å². The molecule has 1 fully saturated rings. The Balaban J connectivity index is 2.21. The number of hydrogen-bond acceptors (Lipinski definition) is 3. The summed E-state index contributed by atoms with van der Waals surface area (Å²) in [6.45, 7) is 3.03. The highest BCUT2D eigenvalue weighted by Crippen LogP contribution is 2.26. The fourth-order valence-electron chi connectivity index (χ4n) is 2.28. The van der Waals surface area contributed by atoms with Crippen LogP contribution in [-0.4, -0.2) is 41.9 Å². The zero-order valence-corrected chi connectivity index (χ0v) is 12.0. The Labute approximate surface area is 109 Å². The molecule has 0 aromatic rings. The lowest BCUT2D eigenvalue weighted by atomic mass is 9.87. The number of nitrogens with zero attached hydrogens (tertiary/aromatic N) is 1. The smallest absolute Gasteiger partial charge is 0.232 e. The maximum atomic E-state index is 12.0. The molecule has 0 unspecified atom stereocenters. The summed E-state index contributed by atoms with van der Waals surface area (Å²) < 4.78 is 0. The fraction of sp³-hybridized carbons (Fsp3) is 0.923. The molecule has 1 amide bonds. The number of nitrogens with two attached hydrogens (primary N) is 1. The van der Waals surface area contributed by atoms with Crippen molar-refractivity contribution in [3.63, 3.8) is 0 Å². The van der Waals surface area contributed by atoms with Crippen molar-refractivity contribution in [3.05, 3.63) is 0 Å². The average molecular weight is 258 g/mol. The maximum absolute atomic E-state index is 12.0. The molecule has 3 nitrogen and oxygen atoms in total. The van der Waals surface area contributed by atoms with Crippen molar-refractivity contribution in [2.75, 3.05) is 25.1 Å². The first-order chi connectivity index (χ1) is 8.15. The molecule has 0 aliphatic heterocycles. The standard InChI is InChI=1S/C13H26N2OS/c1-11-4-6-12(7-5-11)15(2)13(16)10-17-9-3-8-14/h11-12H,3-10,14H2,1-2H3. The third-order valence-corrected chi connectivity index (χ3v) is 4.67. The van der Waals surface area contributed by atoms with Gasteiger partial charge in [-0.1, -0.05) is 6.92 Å². The molecule has 4 heteroatoms. The first-order valence-electron chi connectivity index (χ1n) is 6.68. The molecule has 17 heavy (non-hydrogen) atoms. The molecule has 1 aliphatic carbocycles. The van der Waals surface area contributed by atoms with E-state index in [1.807, 2.05) is 11.9 Å². The molecule has 0 spiro atoms. The summed E-state index contributed by atoms with van der Waals surface area (Å²) in [6.07, 6.45) is 5.89. The SMILES string of the molecule is CC1CCC(N(C)C(=O)CSCCCN)CC1. The summed E-state index contributed by atoms with van der Waals surface area (Å²) in [5, 5.41) is 0. The molecule has 0 radical (unpaired) electrons. The van der Waals surface area contributed by atoms with Crippen LogP contribution in [0.15, 0.2) is 0 Å². The van der Waals surface area contributed by atoms with Crippen LogP contribution in [0.4, 0.5) is 0 Å². The van der Waals surface area contributed by atoms with E-state index in [0.29, 0.717) is 11.8 Å². The highest BCUT2D eigenvalue weighted by atomic mass is 32.2. The van der Waals surface area contributed by atoms with E-state index < -0.39 is 0 Å². The van der Waals surface area contributed by atoms with E-state index in [4.69, 9.17) is 5.73 Å². The van der Waals surface area contributed by atoms with Crippen LogP contribution < -0.4 is 5.73 Å². The van der Waals surface area contributed by atoms with Gasteiger partial charge in [-0.2, -0.15) is 11.8 Å². The van der Waals surface area contributed by atoms with Gasteiger partial charge in [-0.25, -0.2) is 0 Å². The van der Waals surface area contributed by atoms with E-state index >= 15 is 0 Å². The van der Waals surface area contributed by atoms with E-state index in [-0.39, 0.29) is 5.91 Å². The van der Waals surface area contributed by atoms with E-state index in [9.17, 15) is 4.79 Å². The van der Waals surface area contributed by atoms with Gasteiger partial charge in [-0.3, -0.25) is 4.79 Å². The molecule has 1 aliphatic rings. The zero-order chi connectivity index (χ0) is 12.7. The van der Waals surface area contributed by atoms with Crippen molar-refractivity contribution < 1.29 is 4.79 Å². The van der Waals surface area contributed by atoms with Crippen LogP contribution >= 0.6 is 11.8 Å². The molecule has 0 saturated heterocycles. The van der Waals surface area contributed by atoms with Gasteiger partial charge in [0.1, 0.15) is 0 Å². The summed E-state index contributed by atoms with van der Waals surface area (Å²) in [4.78, 5) is 13.9. The largest absolute Gasteiger partial charge is 0.342 e. The molecule has 2 N–H and O–H groups in total. The number of carbonyl (C=O) groups excluding carboxylic acids is 1. The summed E-state index contributed by atoms with van der Waals surface area (Å²) in [5.74, 6) is 2.74. The van der Waals surface area contributed by atoms with Crippen LogP contribution in [0.3, 0.4) is 0 Å². The Morgan fingerprint density at radius 3 is 2.59 bits per heavy atom. The Morgan fingerprint density at radius 1 is 1.35 bits per heavy atom. The molecule has 1 saturated carbocycles. The minimum Gasteiger partial charge on any atom is -0.342 e. The molecule has 0 bridgehead atoms. The van der Waals surface area contributed by atoms with Crippen LogP contribution in [0.5, 0.6) is 0 Å². The summed E-state index contributed by atoms with van der Waals surface area (Å²) in [5.41, 5.74) is 5.43. The normalized spacial score (nSPS) is 24.6. The molecule has 1 rings (SSSR count). The van der Waals surface area contributed by atoms with Gasteiger partial charge in [-0.05, 0) is 50.3 Å². The van der Waals surface area contributed by atoms with Crippen molar-refractivity contribution in [2.45, 2.75) is 45.1 Å². The molecule has 0 aromatic heterocycles. The van der Waals surface area contributed by atoms with Crippen LogP contribution in [0.2, 0.25) is 0 Å². The van der Waals surface area contributed by atoms with E-state index in [1.54, 1.807) is 11.8 Å². The second-order valence-corrected chi connectivity index (χ2v) is 6.22. The van der Waals surface area contributed by atoms with Gasteiger partial charge < -0.3 is 10.6 Å². The lowest BCUT2D eigenvalue weighted by Gasteiger charge is -2.33. The third kappa shape index (κ3) is 5.30. The van der Waals surface area contributed by atoms with Crippen LogP contribution in [0, 0.1) is 5.92 Å². The van der Waals surface area contributed by atoms with Gasteiger partial charge in [0.2, 0.25) is 5.91 Å². The Kier molecular flexibility index (Phi) is 6.97. The first-order valence-corrected chi connectivity index (χ1v) is 7.84. The summed E-state index contributed by atoms with van der Waals surface area (Å²) in [6, 6.07) is 0.480. The van der Waals surface area contributed by atoms with Gasteiger partial charge in [0.15, 0.2) is 0 Å². The third-order valence-electron chi connectivity index (χ3n) is 3.64.